The lowest BCUT2D eigenvalue weighted by molar-refractivity contribution is -0.128. The van der Waals surface area contributed by atoms with Crippen LogP contribution in [0.4, 0.5) is 5.82 Å². The van der Waals surface area contributed by atoms with Crippen molar-refractivity contribution in [3.05, 3.63) is 60.7 Å². The van der Waals surface area contributed by atoms with Crippen LogP contribution >= 0.6 is 0 Å². The summed E-state index contributed by atoms with van der Waals surface area (Å²) in [6.07, 6.45) is -1.25. The molecular weight excluding hydrogens is 358 g/mol. The van der Waals surface area contributed by atoms with Gasteiger partial charge in [0.2, 0.25) is 6.10 Å². The van der Waals surface area contributed by atoms with Crippen molar-refractivity contribution in [2.24, 2.45) is 0 Å². The largest absolute Gasteiger partial charge is 0.482 e. The van der Waals surface area contributed by atoms with Gasteiger partial charge in [-0.25, -0.2) is 4.68 Å². The Balaban J connectivity index is 1.56. The number of hydrogen-bond acceptors (Lipinski definition) is 5. The van der Waals surface area contributed by atoms with E-state index in [1.54, 1.807) is 23.7 Å². The van der Waals surface area contributed by atoms with Gasteiger partial charge in [0.25, 0.3) is 5.91 Å². The lowest BCUT2D eigenvalue weighted by atomic mass is 10.1. The molecule has 0 fully saturated rings. The predicted molar refractivity (Wildman–Crippen MR) is 104 cm³/mol. The summed E-state index contributed by atoms with van der Waals surface area (Å²) in [5, 5.41) is 16.7. The molecule has 1 aliphatic rings. The van der Waals surface area contributed by atoms with Crippen LogP contribution in [0.5, 0.6) is 11.5 Å². The molecule has 1 aromatic heterocycles. The van der Waals surface area contributed by atoms with Gasteiger partial charge in [-0.15, -0.1) is 0 Å². The Morgan fingerprint density at radius 3 is 2.50 bits per heavy atom. The van der Waals surface area contributed by atoms with Crippen LogP contribution in [-0.2, 0) is 11.3 Å². The smallest absolute Gasteiger partial charge is 0.270 e. The standard InChI is InChI=1S/C21H21N3O4/c1-14-20(28-18-10-6-5-9-17(18)27-14)21(26)22-19-13-16(23-24(19)11-12-25)15-7-3-2-4-8-15/h2-10,13-14,20,25H,11-12H2,1H3,(H,22,26)/t14-,20-/m0/s1. The maximum atomic E-state index is 12.9. The molecule has 2 atom stereocenters. The van der Waals surface area contributed by atoms with E-state index in [9.17, 15) is 9.90 Å². The summed E-state index contributed by atoms with van der Waals surface area (Å²) in [7, 11) is 0. The summed E-state index contributed by atoms with van der Waals surface area (Å²) < 4.78 is 13.2. The molecule has 4 rings (SSSR count). The highest BCUT2D eigenvalue weighted by Gasteiger charge is 2.34. The molecule has 0 saturated carbocycles. The second-order valence-electron chi connectivity index (χ2n) is 6.52. The van der Waals surface area contributed by atoms with Gasteiger partial charge < -0.3 is 19.9 Å². The molecule has 0 saturated heterocycles. The minimum Gasteiger partial charge on any atom is -0.482 e. The van der Waals surface area contributed by atoms with Crippen LogP contribution in [0.25, 0.3) is 11.3 Å². The summed E-state index contributed by atoms with van der Waals surface area (Å²) in [5.74, 6) is 1.32. The van der Waals surface area contributed by atoms with Gasteiger partial charge in [-0.2, -0.15) is 5.10 Å². The number of nitrogens with zero attached hydrogens (tertiary/aromatic N) is 2. The number of aliphatic hydroxyl groups excluding tert-OH is 1. The van der Waals surface area contributed by atoms with Crippen molar-refractivity contribution < 1.29 is 19.4 Å². The number of fused-ring (bicyclic) bond motifs is 1. The number of hydrogen-bond donors (Lipinski definition) is 2. The average molecular weight is 379 g/mol. The van der Waals surface area contributed by atoms with Crippen molar-refractivity contribution in [2.45, 2.75) is 25.7 Å². The molecule has 144 valence electrons. The van der Waals surface area contributed by atoms with Gasteiger partial charge in [-0.05, 0) is 19.1 Å². The molecule has 1 amide bonds. The van der Waals surface area contributed by atoms with Gasteiger partial charge in [0.1, 0.15) is 11.9 Å². The lowest BCUT2D eigenvalue weighted by Crippen LogP contribution is -2.46. The number of anilines is 1. The van der Waals surface area contributed by atoms with Crippen LogP contribution in [0.2, 0.25) is 0 Å². The van der Waals surface area contributed by atoms with Crippen molar-refractivity contribution in [1.82, 2.24) is 9.78 Å². The highest BCUT2D eigenvalue weighted by atomic mass is 16.6. The van der Waals surface area contributed by atoms with Crippen molar-refractivity contribution in [3.63, 3.8) is 0 Å². The number of para-hydroxylation sites is 2. The lowest BCUT2D eigenvalue weighted by Gasteiger charge is -2.30. The number of amides is 1. The first-order valence-corrected chi connectivity index (χ1v) is 9.13. The second kappa shape index (κ2) is 7.74. The van der Waals surface area contributed by atoms with E-state index in [4.69, 9.17) is 9.47 Å². The van der Waals surface area contributed by atoms with Gasteiger partial charge in [0, 0.05) is 11.6 Å². The average Bonchev–Trinajstić information content (AvgIpc) is 3.11. The zero-order chi connectivity index (χ0) is 19.5. The zero-order valence-electron chi connectivity index (χ0n) is 15.4. The van der Waals surface area contributed by atoms with Crippen molar-refractivity contribution >= 4 is 11.7 Å². The van der Waals surface area contributed by atoms with E-state index < -0.39 is 12.2 Å². The topological polar surface area (TPSA) is 85.6 Å². The molecule has 28 heavy (non-hydrogen) atoms. The first kappa shape index (κ1) is 18.1. The monoisotopic (exact) mass is 379 g/mol. The minimum absolute atomic E-state index is 0.0917. The third-order valence-corrected chi connectivity index (χ3v) is 4.51. The molecule has 2 heterocycles. The summed E-state index contributed by atoms with van der Waals surface area (Å²) in [5.41, 5.74) is 1.64. The Hall–Kier alpha value is -3.32. The van der Waals surface area contributed by atoms with Gasteiger partial charge in [0.05, 0.1) is 18.8 Å². The Morgan fingerprint density at radius 1 is 1.11 bits per heavy atom. The quantitative estimate of drug-likeness (QED) is 0.712. The number of nitrogens with one attached hydrogen (secondary N) is 1. The van der Waals surface area contributed by atoms with E-state index in [0.717, 1.165) is 5.56 Å². The van der Waals surface area contributed by atoms with E-state index in [-0.39, 0.29) is 19.1 Å². The van der Waals surface area contributed by atoms with Gasteiger partial charge in [-0.3, -0.25) is 4.79 Å². The van der Waals surface area contributed by atoms with Gasteiger partial charge >= 0.3 is 0 Å². The van der Waals surface area contributed by atoms with E-state index in [1.165, 1.54) is 0 Å². The molecule has 0 spiro atoms. The minimum atomic E-state index is -0.799. The molecule has 0 radical (unpaired) electrons. The molecular formula is C21H21N3O4. The molecule has 2 N–H and O–H groups in total. The van der Waals surface area contributed by atoms with Gasteiger partial charge in [0.15, 0.2) is 11.5 Å². The number of carbonyl (C=O) groups is 1. The van der Waals surface area contributed by atoms with Crippen LogP contribution in [-0.4, -0.2) is 39.6 Å². The first-order valence-electron chi connectivity index (χ1n) is 9.13. The van der Waals surface area contributed by atoms with Crippen molar-refractivity contribution in [2.75, 3.05) is 11.9 Å². The van der Waals surface area contributed by atoms with Crippen molar-refractivity contribution in [1.29, 1.82) is 0 Å². The summed E-state index contributed by atoms with van der Waals surface area (Å²) >= 11 is 0. The van der Waals surface area contributed by atoms with Crippen molar-refractivity contribution in [3.8, 4) is 22.8 Å². The predicted octanol–water partition coefficient (Wildman–Crippen LogP) is 2.71. The summed E-state index contributed by atoms with van der Waals surface area (Å²) in [6, 6.07) is 18.7. The van der Waals surface area contributed by atoms with Crippen LogP contribution in [0.3, 0.4) is 0 Å². The van der Waals surface area contributed by atoms with E-state index in [0.29, 0.717) is 23.0 Å². The maximum absolute atomic E-state index is 12.9. The first-order chi connectivity index (χ1) is 13.7. The highest BCUT2D eigenvalue weighted by molar-refractivity contribution is 5.94. The number of benzene rings is 2. The highest BCUT2D eigenvalue weighted by Crippen LogP contribution is 2.33. The van der Waals surface area contributed by atoms with Gasteiger partial charge in [-0.1, -0.05) is 42.5 Å². The second-order valence-corrected chi connectivity index (χ2v) is 6.52. The number of carbonyl (C=O) groups excluding carboxylic acids is 1. The number of rotatable bonds is 5. The fraction of sp³-hybridized carbons (Fsp3) is 0.238. The molecule has 7 nitrogen and oxygen atoms in total. The van der Waals surface area contributed by atoms with Crippen LogP contribution < -0.4 is 14.8 Å². The molecule has 0 unspecified atom stereocenters. The molecule has 0 aliphatic carbocycles. The summed E-state index contributed by atoms with van der Waals surface area (Å²) in [4.78, 5) is 12.9. The normalized spacial score (nSPS) is 17.9. The fourth-order valence-electron chi connectivity index (χ4n) is 3.14. The third-order valence-electron chi connectivity index (χ3n) is 4.51. The number of aromatic nitrogens is 2. The number of aliphatic hydroxyl groups is 1. The van der Waals surface area contributed by atoms with E-state index >= 15 is 0 Å². The molecule has 3 aromatic rings. The Bertz CT molecular complexity index is 971. The molecule has 7 heteroatoms. The fourth-order valence-corrected chi connectivity index (χ4v) is 3.14. The van der Waals surface area contributed by atoms with E-state index in [2.05, 4.69) is 10.4 Å². The zero-order valence-corrected chi connectivity index (χ0v) is 15.4. The van der Waals surface area contributed by atoms with Crippen LogP contribution in [0.1, 0.15) is 6.92 Å². The van der Waals surface area contributed by atoms with Crippen LogP contribution in [0, 0.1) is 0 Å². The maximum Gasteiger partial charge on any atom is 0.270 e. The number of ether oxygens (including phenoxy) is 2. The van der Waals surface area contributed by atoms with E-state index in [1.807, 2.05) is 48.5 Å². The molecule has 0 bridgehead atoms. The SMILES string of the molecule is C[C@@H]1Oc2ccccc2O[C@@H]1C(=O)Nc1cc(-c2ccccc2)nn1CCO. The third kappa shape index (κ3) is 3.57. The Morgan fingerprint density at radius 2 is 1.79 bits per heavy atom. The summed E-state index contributed by atoms with van der Waals surface area (Å²) in [6.45, 7) is 1.97. The molecule has 1 aliphatic heterocycles. The molecule has 2 aromatic carbocycles. The van der Waals surface area contributed by atoms with Crippen LogP contribution in [0.15, 0.2) is 60.7 Å². The Kier molecular flexibility index (Phi) is 4.99. The Labute approximate surface area is 162 Å².